The Morgan fingerprint density at radius 2 is 2.00 bits per heavy atom. The topological polar surface area (TPSA) is 72.1 Å². The van der Waals surface area contributed by atoms with Gasteiger partial charge in [0.25, 0.3) is 5.91 Å². The summed E-state index contributed by atoms with van der Waals surface area (Å²) in [5.74, 6) is 0.761. The molecule has 2 heterocycles. The summed E-state index contributed by atoms with van der Waals surface area (Å²) in [5, 5.41) is 0. The number of carbonyl (C=O) groups excluding carboxylic acids is 1. The Balaban J connectivity index is 0.00000225. The van der Waals surface area contributed by atoms with Crippen molar-refractivity contribution < 1.29 is 4.79 Å². The van der Waals surface area contributed by atoms with Crippen molar-refractivity contribution in [3.8, 4) is 0 Å². The van der Waals surface area contributed by atoms with Gasteiger partial charge in [-0.25, -0.2) is 9.97 Å². The lowest BCUT2D eigenvalue weighted by Crippen LogP contribution is -2.31. The molecule has 6 heteroatoms. The lowest BCUT2D eigenvalue weighted by atomic mass is 9.89. The first-order valence-corrected chi connectivity index (χ1v) is 8.46. The van der Waals surface area contributed by atoms with Gasteiger partial charge < -0.3 is 10.6 Å². The predicted molar refractivity (Wildman–Crippen MR) is 101 cm³/mol. The number of nitrogens with two attached hydrogens (primary N) is 1. The highest BCUT2D eigenvalue weighted by atomic mass is 35.5. The molecule has 5 nitrogen and oxygen atoms in total. The van der Waals surface area contributed by atoms with E-state index in [2.05, 4.69) is 22.1 Å². The number of aromatic nitrogens is 2. The first-order chi connectivity index (χ1) is 11.6. The van der Waals surface area contributed by atoms with Crippen molar-refractivity contribution in [3.63, 3.8) is 0 Å². The van der Waals surface area contributed by atoms with E-state index in [0.717, 1.165) is 5.69 Å². The minimum Gasteiger partial charge on any atom is -0.338 e. The number of hydrogen-bond acceptors (Lipinski definition) is 4. The number of halogens is 1. The molecule has 1 aromatic heterocycles. The van der Waals surface area contributed by atoms with Crippen LogP contribution in [0.1, 0.15) is 47.3 Å². The van der Waals surface area contributed by atoms with Crippen LogP contribution in [-0.2, 0) is 0 Å². The lowest BCUT2D eigenvalue weighted by molar-refractivity contribution is 0.0784. The van der Waals surface area contributed by atoms with Crippen LogP contribution in [0.4, 0.5) is 0 Å². The van der Waals surface area contributed by atoms with Crippen molar-refractivity contribution in [2.75, 3.05) is 19.6 Å². The SMILES string of the molecule is CC(C)c1ncncc1C(=O)N1C[C@@H](CN)[C@H](c2ccccc2)C1.Cl. The van der Waals surface area contributed by atoms with Gasteiger partial charge in [0.15, 0.2) is 0 Å². The summed E-state index contributed by atoms with van der Waals surface area (Å²) in [6.45, 7) is 6.03. The molecular weight excluding hydrogens is 336 g/mol. The van der Waals surface area contributed by atoms with Gasteiger partial charge in [-0.1, -0.05) is 44.2 Å². The molecule has 3 rings (SSSR count). The van der Waals surface area contributed by atoms with Crippen LogP contribution in [0.5, 0.6) is 0 Å². The second-order valence-corrected chi connectivity index (χ2v) is 6.70. The summed E-state index contributed by atoms with van der Waals surface area (Å²) in [6.07, 6.45) is 3.14. The van der Waals surface area contributed by atoms with Gasteiger partial charge in [-0.15, -0.1) is 12.4 Å². The van der Waals surface area contributed by atoms with E-state index in [0.29, 0.717) is 25.2 Å². The van der Waals surface area contributed by atoms with Crippen molar-refractivity contribution in [2.24, 2.45) is 11.7 Å². The summed E-state index contributed by atoms with van der Waals surface area (Å²) in [5.41, 5.74) is 8.64. The molecule has 1 saturated heterocycles. The molecule has 0 spiro atoms. The minimum absolute atomic E-state index is 0. The fraction of sp³-hybridized carbons (Fsp3) is 0.421. The van der Waals surface area contributed by atoms with E-state index in [-0.39, 0.29) is 36.1 Å². The molecule has 25 heavy (non-hydrogen) atoms. The molecule has 2 aromatic rings. The Morgan fingerprint density at radius 1 is 1.28 bits per heavy atom. The zero-order valence-electron chi connectivity index (χ0n) is 14.6. The first-order valence-electron chi connectivity index (χ1n) is 8.46. The standard InChI is InChI=1S/C19H24N4O.ClH/c1-13(2)18-16(9-21-12-22-18)19(24)23-10-15(8-20)17(11-23)14-6-4-3-5-7-14;/h3-7,9,12-13,15,17H,8,10-11,20H2,1-2H3;1H/t15-,17+;/m1./s1. The van der Waals surface area contributed by atoms with Crippen LogP contribution < -0.4 is 5.73 Å². The Kier molecular flexibility index (Phi) is 6.51. The fourth-order valence-electron chi connectivity index (χ4n) is 3.49. The van der Waals surface area contributed by atoms with Crippen LogP contribution in [0, 0.1) is 5.92 Å². The summed E-state index contributed by atoms with van der Waals surface area (Å²) >= 11 is 0. The van der Waals surface area contributed by atoms with Crippen molar-refractivity contribution >= 4 is 18.3 Å². The molecule has 2 atom stereocenters. The van der Waals surface area contributed by atoms with Crippen molar-refractivity contribution in [2.45, 2.75) is 25.7 Å². The van der Waals surface area contributed by atoms with Gasteiger partial charge in [0.2, 0.25) is 0 Å². The van der Waals surface area contributed by atoms with Gasteiger partial charge in [-0.05, 0) is 23.9 Å². The zero-order valence-corrected chi connectivity index (χ0v) is 15.4. The quantitative estimate of drug-likeness (QED) is 0.909. The normalized spacial score (nSPS) is 19.8. The highest BCUT2D eigenvalue weighted by Gasteiger charge is 2.36. The predicted octanol–water partition coefficient (Wildman–Crippen LogP) is 2.84. The van der Waals surface area contributed by atoms with E-state index in [1.54, 1.807) is 6.20 Å². The molecular formula is C19H25ClN4O. The number of carbonyl (C=O) groups is 1. The van der Waals surface area contributed by atoms with Gasteiger partial charge >= 0.3 is 0 Å². The molecule has 1 aromatic carbocycles. The van der Waals surface area contributed by atoms with Crippen LogP contribution >= 0.6 is 12.4 Å². The van der Waals surface area contributed by atoms with Crippen molar-refractivity contribution in [1.82, 2.24) is 14.9 Å². The van der Waals surface area contributed by atoms with Crippen LogP contribution in [0.15, 0.2) is 42.9 Å². The Morgan fingerprint density at radius 3 is 2.64 bits per heavy atom. The number of rotatable bonds is 4. The summed E-state index contributed by atoms with van der Waals surface area (Å²) < 4.78 is 0. The molecule has 1 aliphatic heterocycles. The number of likely N-dealkylation sites (tertiary alicyclic amines) is 1. The maximum atomic E-state index is 13.0. The van der Waals surface area contributed by atoms with Crippen LogP contribution in [0.2, 0.25) is 0 Å². The third kappa shape index (κ3) is 3.99. The summed E-state index contributed by atoms with van der Waals surface area (Å²) in [4.78, 5) is 23.3. The molecule has 0 saturated carbocycles. The van der Waals surface area contributed by atoms with Crippen LogP contribution in [0.25, 0.3) is 0 Å². The maximum Gasteiger partial charge on any atom is 0.257 e. The molecule has 1 fully saturated rings. The van der Waals surface area contributed by atoms with Gasteiger partial charge in [0, 0.05) is 25.2 Å². The van der Waals surface area contributed by atoms with E-state index in [9.17, 15) is 4.79 Å². The van der Waals surface area contributed by atoms with E-state index < -0.39 is 0 Å². The average molecular weight is 361 g/mol. The zero-order chi connectivity index (χ0) is 17.1. The van der Waals surface area contributed by atoms with Gasteiger partial charge in [0.05, 0.1) is 11.3 Å². The van der Waals surface area contributed by atoms with E-state index in [4.69, 9.17) is 5.73 Å². The number of hydrogen-bond donors (Lipinski definition) is 1. The third-order valence-electron chi connectivity index (χ3n) is 4.78. The molecule has 2 N–H and O–H groups in total. The van der Waals surface area contributed by atoms with Gasteiger partial charge in [-0.2, -0.15) is 0 Å². The summed E-state index contributed by atoms with van der Waals surface area (Å²) in [6, 6.07) is 10.3. The maximum absolute atomic E-state index is 13.0. The smallest absolute Gasteiger partial charge is 0.257 e. The van der Waals surface area contributed by atoms with E-state index >= 15 is 0 Å². The third-order valence-corrected chi connectivity index (χ3v) is 4.78. The first kappa shape index (κ1) is 19.3. The fourth-order valence-corrected chi connectivity index (χ4v) is 3.49. The highest BCUT2D eigenvalue weighted by molar-refractivity contribution is 5.95. The van der Waals surface area contributed by atoms with Crippen LogP contribution in [0.3, 0.4) is 0 Å². The second-order valence-electron chi connectivity index (χ2n) is 6.70. The molecule has 0 bridgehead atoms. The number of amides is 1. The molecule has 0 unspecified atom stereocenters. The number of nitrogens with zero attached hydrogens (tertiary/aromatic N) is 3. The van der Waals surface area contributed by atoms with Crippen molar-refractivity contribution in [3.05, 3.63) is 59.7 Å². The Hall–Kier alpha value is -1.98. The average Bonchev–Trinajstić information content (AvgIpc) is 3.06. The summed E-state index contributed by atoms with van der Waals surface area (Å²) in [7, 11) is 0. The Labute approximate surface area is 155 Å². The molecule has 1 amide bonds. The largest absolute Gasteiger partial charge is 0.338 e. The van der Waals surface area contributed by atoms with E-state index in [1.807, 2.05) is 36.9 Å². The molecule has 0 radical (unpaired) electrons. The lowest BCUT2D eigenvalue weighted by Gasteiger charge is -2.19. The minimum atomic E-state index is 0. The molecule has 1 aliphatic rings. The van der Waals surface area contributed by atoms with E-state index in [1.165, 1.54) is 11.9 Å². The van der Waals surface area contributed by atoms with Crippen molar-refractivity contribution in [1.29, 1.82) is 0 Å². The Bertz CT molecular complexity index is 708. The number of benzene rings is 1. The van der Waals surface area contributed by atoms with Crippen LogP contribution in [-0.4, -0.2) is 40.4 Å². The second kappa shape index (κ2) is 8.41. The highest BCUT2D eigenvalue weighted by Crippen LogP contribution is 2.33. The molecule has 0 aliphatic carbocycles. The monoisotopic (exact) mass is 360 g/mol. The van der Waals surface area contributed by atoms with Gasteiger partial charge in [0.1, 0.15) is 6.33 Å². The molecule has 134 valence electrons. The van der Waals surface area contributed by atoms with Gasteiger partial charge in [-0.3, -0.25) is 4.79 Å².